The zero-order valence-electron chi connectivity index (χ0n) is 12.2. The van der Waals surface area contributed by atoms with Gasteiger partial charge < -0.3 is 5.32 Å². The summed E-state index contributed by atoms with van der Waals surface area (Å²) in [5, 5.41) is 7.95. The minimum atomic E-state index is -2.86. The SMILES string of the molecule is CC(C)NCc1cnn(C2CCS(=O)(=O)C2)c1C1CC1. The van der Waals surface area contributed by atoms with Crippen LogP contribution in [0.1, 0.15) is 56.3 Å². The molecule has 6 heteroatoms. The Morgan fingerprint density at radius 3 is 2.70 bits per heavy atom. The van der Waals surface area contributed by atoms with Crippen molar-refractivity contribution in [3.8, 4) is 0 Å². The molecule has 3 rings (SSSR count). The molecule has 2 fully saturated rings. The zero-order valence-corrected chi connectivity index (χ0v) is 13.0. The Labute approximate surface area is 120 Å². The van der Waals surface area contributed by atoms with Crippen molar-refractivity contribution in [2.75, 3.05) is 11.5 Å². The maximum absolute atomic E-state index is 11.7. The summed E-state index contributed by atoms with van der Waals surface area (Å²) in [6.45, 7) is 5.08. The van der Waals surface area contributed by atoms with E-state index in [-0.39, 0.29) is 11.8 Å². The Morgan fingerprint density at radius 2 is 2.15 bits per heavy atom. The zero-order chi connectivity index (χ0) is 14.3. The fraction of sp³-hybridized carbons (Fsp3) is 0.786. The molecule has 0 bridgehead atoms. The number of nitrogens with one attached hydrogen (secondary N) is 1. The summed E-state index contributed by atoms with van der Waals surface area (Å²) in [5.74, 6) is 1.15. The summed E-state index contributed by atoms with van der Waals surface area (Å²) < 4.78 is 25.4. The first-order valence-electron chi connectivity index (χ1n) is 7.46. The number of nitrogens with zero attached hydrogens (tertiary/aromatic N) is 2. The van der Waals surface area contributed by atoms with E-state index in [0.717, 1.165) is 6.54 Å². The predicted octanol–water partition coefficient (Wildman–Crippen LogP) is 1.62. The monoisotopic (exact) mass is 297 g/mol. The van der Waals surface area contributed by atoms with Gasteiger partial charge in [0.1, 0.15) is 0 Å². The van der Waals surface area contributed by atoms with E-state index < -0.39 is 9.84 Å². The van der Waals surface area contributed by atoms with E-state index in [0.29, 0.717) is 24.1 Å². The fourth-order valence-electron chi connectivity index (χ4n) is 2.92. The Morgan fingerprint density at radius 1 is 1.40 bits per heavy atom. The smallest absolute Gasteiger partial charge is 0.152 e. The lowest BCUT2D eigenvalue weighted by atomic mass is 10.1. The summed E-state index contributed by atoms with van der Waals surface area (Å²) in [5.41, 5.74) is 2.52. The molecule has 1 N–H and O–H groups in total. The molecule has 0 radical (unpaired) electrons. The molecule has 2 aliphatic rings. The van der Waals surface area contributed by atoms with Gasteiger partial charge in [0.25, 0.3) is 0 Å². The van der Waals surface area contributed by atoms with E-state index in [1.165, 1.54) is 24.1 Å². The predicted molar refractivity (Wildman–Crippen MR) is 78.5 cm³/mol. The van der Waals surface area contributed by atoms with Gasteiger partial charge in [-0.3, -0.25) is 4.68 Å². The summed E-state index contributed by atoms with van der Waals surface area (Å²) in [6, 6.07) is 0.487. The van der Waals surface area contributed by atoms with Crippen LogP contribution < -0.4 is 5.32 Å². The van der Waals surface area contributed by atoms with Crippen LogP contribution in [-0.2, 0) is 16.4 Å². The minimum absolute atomic E-state index is 0.0448. The molecule has 0 spiro atoms. The van der Waals surface area contributed by atoms with Crippen LogP contribution in [0.2, 0.25) is 0 Å². The van der Waals surface area contributed by atoms with Crippen LogP contribution in [0.5, 0.6) is 0 Å². The lowest BCUT2D eigenvalue weighted by Gasteiger charge is -2.15. The maximum Gasteiger partial charge on any atom is 0.152 e. The van der Waals surface area contributed by atoms with Crippen molar-refractivity contribution >= 4 is 9.84 Å². The molecule has 1 unspecified atom stereocenters. The van der Waals surface area contributed by atoms with E-state index in [4.69, 9.17) is 0 Å². The number of sulfone groups is 1. The van der Waals surface area contributed by atoms with Gasteiger partial charge in [-0.1, -0.05) is 13.8 Å². The second kappa shape index (κ2) is 5.15. The van der Waals surface area contributed by atoms with Crippen molar-refractivity contribution in [1.29, 1.82) is 0 Å². The van der Waals surface area contributed by atoms with Gasteiger partial charge in [-0.25, -0.2) is 8.42 Å². The molecule has 1 aromatic rings. The van der Waals surface area contributed by atoms with E-state index in [1.807, 2.05) is 10.9 Å². The Hall–Kier alpha value is -0.880. The van der Waals surface area contributed by atoms with Gasteiger partial charge >= 0.3 is 0 Å². The van der Waals surface area contributed by atoms with E-state index >= 15 is 0 Å². The highest BCUT2D eigenvalue weighted by Gasteiger charge is 2.36. The second-order valence-corrected chi connectivity index (χ2v) is 8.60. The van der Waals surface area contributed by atoms with E-state index in [2.05, 4.69) is 24.3 Å². The maximum atomic E-state index is 11.7. The lowest BCUT2D eigenvalue weighted by molar-refractivity contribution is 0.478. The van der Waals surface area contributed by atoms with Gasteiger partial charge in [0, 0.05) is 29.8 Å². The summed E-state index contributed by atoms with van der Waals surface area (Å²) in [4.78, 5) is 0. The van der Waals surface area contributed by atoms with Gasteiger partial charge in [0.15, 0.2) is 9.84 Å². The van der Waals surface area contributed by atoms with E-state index in [1.54, 1.807) is 0 Å². The van der Waals surface area contributed by atoms with E-state index in [9.17, 15) is 8.42 Å². The van der Waals surface area contributed by atoms with Crippen molar-refractivity contribution in [2.45, 2.75) is 57.7 Å². The van der Waals surface area contributed by atoms with Crippen molar-refractivity contribution < 1.29 is 8.42 Å². The lowest BCUT2D eigenvalue weighted by Crippen LogP contribution is -2.22. The number of rotatable bonds is 5. The molecule has 112 valence electrons. The van der Waals surface area contributed by atoms with Crippen LogP contribution >= 0.6 is 0 Å². The number of hydrogen-bond donors (Lipinski definition) is 1. The van der Waals surface area contributed by atoms with Crippen molar-refractivity contribution in [2.24, 2.45) is 0 Å². The quantitative estimate of drug-likeness (QED) is 0.897. The molecule has 1 atom stereocenters. The van der Waals surface area contributed by atoms with Crippen LogP contribution in [0.3, 0.4) is 0 Å². The number of hydrogen-bond acceptors (Lipinski definition) is 4. The normalized spacial score (nSPS) is 25.4. The molecule has 1 aliphatic heterocycles. The Bertz CT molecular complexity index is 588. The molecule has 1 saturated heterocycles. The average molecular weight is 297 g/mol. The standard InChI is InChI=1S/C14H23N3O2S/c1-10(2)15-7-12-8-16-17(14(12)11-3-4-11)13-5-6-20(18,19)9-13/h8,10-11,13,15H,3-7,9H2,1-2H3. The first-order chi connectivity index (χ1) is 9.46. The average Bonchev–Trinajstić information content (AvgIpc) is 3.01. The van der Waals surface area contributed by atoms with Crippen LogP contribution in [0.15, 0.2) is 6.20 Å². The third kappa shape index (κ3) is 2.91. The summed E-state index contributed by atoms with van der Waals surface area (Å²) in [7, 11) is -2.86. The van der Waals surface area contributed by atoms with Crippen molar-refractivity contribution in [1.82, 2.24) is 15.1 Å². The molecular weight excluding hydrogens is 274 g/mol. The van der Waals surface area contributed by atoms with Crippen molar-refractivity contribution in [3.63, 3.8) is 0 Å². The van der Waals surface area contributed by atoms with Crippen LogP contribution in [0.4, 0.5) is 0 Å². The van der Waals surface area contributed by atoms with Crippen LogP contribution in [0, 0.1) is 0 Å². The summed E-state index contributed by atoms with van der Waals surface area (Å²) in [6.07, 6.45) is 5.05. The van der Waals surface area contributed by atoms with Crippen LogP contribution in [0.25, 0.3) is 0 Å². The van der Waals surface area contributed by atoms with Gasteiger partial charge in [0.2, 0.25) is 0 Å². The molecule has 5 nitrogen and oxygen atoms in total. The fourth-order valence-corrected chi connectivity index (χ4v) is 4.61. The highest BCUT2D eigenvalue weighted by Crippen LogP contribution is 2.43. The second-order valence-electron chi connectivity index (χ2n) is 6.37. The van der Waals surface area contributed by atoms with Gasteiger partial charge in [0.05, 0.1) is 23.7 Å². The summed E-state index contributed by atoms with van der Waals surface area (Å²) >= 11 is 0. The molecule has 1 saturated carbocycles. The molecule has 1 aliphatic carbocycles. The molecule has 0 amide bonds. The number of aromatic nitrogens is 2. The highest BCUT2D eigenvalue weighted by molar-refractivity contribution is 7.91. The third-order valence-electron chi connectivity index (χ3n) is 4.13. The molecule has 2 heterocycles. The Balaban J connectivity index is 1.84. The Kier molecular flexibility index (Phi) is 3.62. The van der Waals surface area contributed by atoms with Gasteiger partial charge in [-0.05, 0) is 19.3 Å². The van der Waals surface area contributed by atoms with Gasteiger partial charge in [-0.15, -0.1) is 0 Å². The molecule has 1 aromatic heterocycles. The highest BCUT2D eigenvalue weighted by atomic mass is 32.2. The first kappa shape index (κ1) is 14.1. The van der Waals surface area contributed by atoms with Gasteiger partial charge in [-0.2, -0.15) is 5.10 Å². The van der Waals surface area contributed by atoms with Crippen molar-refractivity contribution in [3.05, 3.63) is 17.5 Å². The van der Waals surface area contributed by atoms with Crippen LogP contribution in [-0.4, -0.2) is 35.7 Å². The largest absolute Gasteiger partial charge is 0.310 e. The third-order valence-corrected chi connectivity index (χ3v) is 5.88. The molecule has 20 heavy (non-hydrogen) atoms. The minimum Gasteiger partial charge on any atom is -0.310 e. The first-order valence-corrected chi connectivity index (χ1v) is 9.28. The topological polar surface area (TPSA) is 64.0 Å². The molecular formula is C14H23N3O2S. The molecule has 0 aromatic carbocycles.